The normalized spacial score (nSPS) is 36.5. The van der Waals surface area contributed by atoms with Crippen LogP contribution in [0.3, 0.4) is 0 Å². The van der Waals surface area contributed by atoms with Crippen molar-refractivity contribution in [1.29, 1.82) is 0 Å². The molecule has 1 fully saturated rings. The molecule has 0 aromatic carbocycles. The Morgan fingerprint density at radius 2 is 1.91 bits per heavy atom. The summed E-state index contributed by atoms with van der Waals surface area (Å²) in [6.45, 7) is 3.90. The molecular weight excluding hydrogens is 148 g/mol. The maximum Gasteiger partial charge on any atom is 0.250 e. The fraction of sp³-hybridized carbons (Fsp3) is 1.00. The molecule has 0 saturated heterocycles. The largest absolute Gasteiger partial charge is 0.327 e. The summed E-state index contributed by atoms with van der Waals surface area (Å²) in [7, 11) is 0. The smallest absolute Gasteiger partial charge is 0.250 e. The standard InChI is InChI=1S/C8H15F2N/c1-5(2)6-3-8(9,10)4-7(6)11/h5-7H,3-4,11H2,1-2H3/t6-,7+/m1/s1. The number of nitrogens with two attached hydrogens (primary N) is 1. The van der Waals surface area contributed by atoms with Crippen LogP contribution in [0.25, 0.3) is 0 Å². The fourth-order valence-corrected chi connectivity index (χ4v) is 1.81. The van der Waals surface area contributed by atoms with E-state index in [1.807, 2.05) is 13.8 Å². The summed E-state index contributed by atoms with van der Waals surface area (Å²) in [4.78, 5) is 0. The number of rotatable bonds is 1. The van der Waals surface area contributed by atoms with Crippen LogP contribution in [0.5, 0.6) is 0 Å². The van der Waals surface area contributed by atoms with Gasteiger partial charge < -0.3 is 5.73 Å². The molecule has 0 aliphatic heterocycles. The second-order valence-electron chi connectivity index (χ2n) is 3.84. The number of halogens is 2. The Labute approximate surface area is 66.0 Å². The third-order valence-electron chi connectivity index (χ3n) is 2.47. The number of hydrogen-bond donors (Lipinski definition) is 1. The van der Waals surface area contributed by atoms with E-state index in [4.69, 9.17) is 5.73 Å². The summed E-state index contributed by atoms with van der Waals surface area (Å²) >= 11 is 0. The third-order valence-corrected chi connectivity index (χ3v) is 2.47. The van der Waals surface area contributed by atoms with Gasteiger partial charge in [-0.1, -0.05) is 13.8 Å². The first-order valence-corrected chi connectivity index (χ1v) is 4.06. The zero-order valence-corrected chi connectivity index (χ0v) is 6.98. The van der Waals surface area contributed by atoms with Crippen molar-refractivity contribution < 1.29 is 8.78 Å². The molecule has 0 bridgehead atoms. The van der Waals surface area contributed by atoms with E-state index in [0.717, 1.165) is 0 Å². The van der Waals surface area contributed by atoms with Gasteiger partial charge in [-0.25, -0.2) is 8.78 Å². The molecule has 1 aliphatic rings. The first-order chi connectivity index (χ1) is 4.92. The lowest BCUT2D eigenvalue weighted by atomic mass is 9.91. The molecule has 0 aromatic heterocycles. The van der Waals surface area contributed by atoms with Gasteiger partial charge >= 0.3 is 0 Å². The fourth-order valence-electron chi connectivity index (χ4n) is 1.81. The van der Waals surface area contributed by atoms with Crippen molar-refractivity contribution in [2.75, 3.05) is 0 Å². The highest BCUT2D eigenvalue weighted by Crippen LogP contribution is 2.41. The van der Waals surface area contributed by atoms with Crippen molar-refractivity contribution in [1.82, 2.24) is 0 Å². The van der Waals surface area contributed by atoms with Crippen LogP contribution in [0.2, 0.25) is 0 Å². The Kier molecular flexibility index (Phi) is 2.19. The Hall–Kier alpha value is -0.180. The molecule has 66 valence electrons. The second-order valence-corrected chi connectivity index (χ2v) is 3.84. The zero-order chi connectivity index (χ0) is 8.65. The molecule has 1 rings (SSSR count). The van der Waals surface area contributed by atoms with Gasteiger partial charge in [-0.05, 0) is 11.8 Å². The minimum atomic E-state index is -2.51. The SMILES string of the molecule is CC(C)[C@H]1CC(F)(F)C[C@@H]1N. The molecule has 0 spiro atoms. The predicted octanol–water partition coefficient (Wildman–Crippen LogP) is 2.02. The van der Waals surface area contributed by atoms with Crippen LogP contribution in [0.4, 0.5) is 8.78 Å². The van der Waals surface area contributed by atoms with Gasteiger partial charge in [0.2, 0.25) is 5.92 Å². The van der Waals surface area contributed by atoms with Crippen LogP contribution < -0.4 is 5.73 Å². The maximum absolute atomic E-state index is 12.7. The van der Waals surface area contributed by atoms with Gasteiger partial charge in [0.15, 0.2) is 0 Å². The zero-order valence-electron chi connectivity index (χ0n) is 6.98. The molecule has 0 aromatic rings. The van der Waals surface area contributed by atoms with Gasteiger partial charge in [0.05, 0.1) is 0 Å². The average Bonchev–Trinajstić information content (AvgIpc) is 2.05. The van der Waals surface area contributed by atoms with Crippen LogP contribution in [0.1, 0.15) is 26.7 Å². The summed E-state index contributed by atoms with van der Waals surface area (Å²) in [5.74, 6) is -2.22. The lowest BCUT2D eigenvalue weighted by Gasteiger charge is -2.17. The van der Waals surface area contributed by atoms with Gasteiger partial charge in [0.25, 0.3) is 0 Å². The molecule has 1 aliphatic carbocycles. The van der Waals surface area contributed by atoms with E-state index in [-0.39, 0.29) is 30.7 Å². The first-order valence-electron chi connectivity index (χ1n) is 4.06. The summed E-state index contributed by atoms with van der Waals surface area (Å²) in [6.07, 6.45) is -0.151. The minimum Gasteiger partial charge on any atom is -0.327 e. The molecule has 3 heteroatoms. The Morgan fingerprint density at radius 1 is 1.36 bits per heavy atom. The van der Waals surface area contributed by atoms with Crippen LogP contribution in [0.15, 0.2) is 0 Å². The van der Waals surface area contributed by atoms with E-state index < -0.39 is 5.92 Å². The Bertz CT molecular complexity index is 145. The highest BCUT2D eigenvalue weighted by Gasteiger charge is 2.45. The Morgan fingerprint density at radius 3 is 2.09 bits per heavy atom. The number of hydrogen-bond acceptors (Lipinski definition) is 1. The second kappa shape index (κ2) is 2.70. The molecule has 2 N–H and O–H groups in total. The van der Waals surface area contributed by atoms with E-state index in [2.05, 4.69) is 0 Å². The van der Waals surface area contributed by atoms with E-state index >= 15 is 0 Å². The van der Waals surface area contributed by atoms with E-state index in [0.29, 0.717) is 0 Å². The van der Waals surface area contributed by atoms with Crippen molar-refractivity contribution in [3.63, 3.8) is 0 Å². The topological polar surface area (TPSA) is 26.0 Å². The summed E-state index contributed by atoms with van der Waals surface area (Å²) in [5, 5.41) is 0. The van der Waals surface area contributed by atoms with Gasteiger partial charge in [-0.3, -0.25) is 0 Å². The average molecular weight is 163 g/mol. The van der Waals surface area contributed by atoms with Crippen LogP contribution in [-0.2, 0) is 0 Å². The van der Waals surface area contributed by atoms with Crippen molar-refractivity contribution in [3.8, 4) is 0 Å². The molecule has 2 atom stereocenters. The van der Waals surface area contributed by atoms with Gasteiger partial charge in [0, 0.05) is 18.9 Å². The quantitative estimate of drug-likeness (QED) is 0.628. The molecule has 0 amide bonds. The monoisotopic (exact) mass is 163 g/mol. The first kappa shape index (κ1) is 8.91. The lowest BCUT2D eigenvalue weighted by Crippen LogP contribution is -2.28. The van der Waals surface area contributed by atoms with E-state index in [1.165, 1.54) is 0 Å². The molecule has 11 heavy (non-hydrogen) atoms. The molecule has 0 unspecified atom stereocenters. The van der Waals surface area contributed by atoms with Gasteiger partial charge in [0.1, 0.15) is 0 Å². The van der Waals surface area contributed by atoms with Crippen LogP contribution in [-0.4, -0.2) is 12.0 Å². The maximum atomic E-state index is 12.7. The Balaban J connectivity index is 2.59. The van der Waals surface area contributed by atoms with Gasteiger partial charge in [-0.15, -0.1) is 0 Å². The highest BCUT2D eigenvalue weighted by atomic mass is 19.3. The molecular formula is C8H15F2N. The third kappa shape index (κ3) is 1.89. The minimum absolute atomic E-state index is 0.00463. The predicted molar refractivity (Wildman–Crippen MR) is 40.5 cm³/mol. The summed E-state index contributed by atoms with van der Waals surface area (Å²) in [5.41, 5.74) is 5.58. The van der Waals surface area contributed by atoms with E-state index in [1.54, 1.807) is 0 Å². The van der Waals surface area contributed by atoms with Crippen molar-refractivity contribution >= 4 is 0 Å². The summed E-state index contributed by atoms with van der Waals surface area (Å²) < 4.78 is 25.5. The molecule has 1 nitrogen and oxygen atoms in total. The van der Waals surface area contributed by atoms with Crippen LogP contribution in [0, 0.1) is 11.8 Å². The molecule has 0 radical (unpaired) electrons. The van der Waals surface area contributed by atoms with Crippen molar-refractivity contribution in [2.45, 2.75) is 38.7 Å². The molecule has 0 heterocycles. The highest BCUT2D eigenvalue weighted by molar-refractivity contribution is 4.92. The van der Waals surface area contributed by atoms with Crippen molar-refractivity contribution in [2.24, 2.45) is 17.6 Å². The lowest BCUT2D eigenvalue weighted by molar-refractivity contribution is 0.00244. The summed E-state index contributed by atoms with van der Waals surface area (Å²) in [6, 6.07) is -0.301. The van der Waals surface area contributed by atoms with Crippen molar-refractivity contribution in [3.05, 3.63) is 0 Å². The van der Waals surface area contributed by atoms with E-state index in [9.17, 15) is 8.78 Å². The number of alkyl halides is 2. The van der Waals surface area contributed by atoms with Crippen LogP contribution >= 0.6 is 0 Å². The van der Waals surface area contributed by atoms with Gasteiger partial charge in [-0.2, -0.15) is 0 Å². The molecule has 1 saturated carbocycles.